The number of hydrogen-bond acceptors (Lipinski definition) is 7. The van der Waals surface area contributed by atoms with Crippen LogP contribution in [0.4, 0.5) is 26.3 Å². The summed E-state index contributed by atoms with van der Waals surface area (Å²) in [4.78, 5) is 48.5. The molecule has 0 saturated carbocycles. The average molecular weight is 552 g/mol. The number of amides is 1. The van der Waals surface area contributed by atoms with E-state index in [-0.39, 0.29) is 30.0 Å². The van der Waals surface area contributed by atoms with Crippen molar-refractivity contribution in [2.75, 3.05) is 6.54 Å². The second-order valence-corrected chi connectivity index (χ2v) is 8.24. The zero-order valence-corrected chi connectivity index (χ0v) is 19.0. The Kier molecular flexibility index (Phi) is 8.21. The summed E-state index contributed by atoms with van der Waals surface area (Å²) in [7, 11) is 0. The van der Waals surface area contributed by atoms with E-state index in [0.717, 1.165) is 9.47 Å². The van der Waals surface area contributed by atoms with E-state index >= 15 is 0 Å². The first-order valence-corrected chi connectivity index (χ1v) is 10.7. The Balaban J connectivity index is 1.91. The number of nitroso groups, excluding NO2 is 1. The van der Waals surface area contributed by atoms with Crippen LogP contribution < -0.4 is 0 Å². The maximum Gasteiger partial charge on any atom is 0.451 e. The Morgan fingerprint density at radius 3 is 2.26 bits per heavy atom. The molecule has 38 heavy (non-hydrogen) atoms. The van der Waals surface area contributed by atoms with Gasteiger partial charge in [-0.15, -0.1) is 15.1 Å². The topological polar surface area (TPSA) is 158 Å². The number of halogens is 6. The minimum absolute atomic E-state index is 0.184. The molecule has 1 unspecified atom stereocenters. The normalized spacial score (nSPS) is 14.9. The third-order valence-electron chi connectivity index (χ3n) is 5.76. The van der Waals surface area contributed by atoms with Crippen molar-refractivity contribution in [1.82, 2.24) is 24.7 Å². The monoisotopic (exact) mass is 552 g/mol. The predicted molar refractivity (Wildman–Crippen MR) is 110 cm³/mol. The van der Waals surface area contributed by atoms with Gasteiger partial charge in [0.25, 0.3) is 0 Å². The maximum absolute atomic E-state index is 14.3. The number of aliphatic carboxylic acids is 2. The number of alkyl halides is 3. The highest BCUT2D eigenvalue weighted by atomic mass is 19.4. The summed E-state index contributed by atoms with van der Waals surface area (Å²) >= 11 is 0. The fourth-order valence-corrected chi connectivity index (χ4v) is 3.98. The number of carbonyl (C=O) groups is 3. The van der Waals surface area contributed by atoms with Crippen molar-refractivity contribution in [1.29, 1.82) is 0 Å². The fraction of sp³-hybridized carbons (Fsp3) is 0.450. The number of benzene rings is 1. The van der Waals surface area contributed by atoms with Crippen LogP contribution in [0.2, 0.25) is 0 Å². The number of hydrogen-bond donors (Lipinski definition) is 2. The summed E-state index contributed by atoms with van der Waals surface area (Å²) < 4.78 is 81.4. The van der Waals surface area contributed by atoms with Gasteiger partial charge in [-0.3, -0.25) is 9.59 Å². The zero-order chi connectivity index (χ0) is 28.4. The van der Waals surface area contributed by atoms with Crippen LogP contribution in [-0.2, 0) is 40.1 Å². The summed E-state index contributed by atoms with van der Waals surface area (Å²) in [6, 6.07) is -3.20. The van der Waals surface area contributed by atoms with Gasteiger partial charge in [-0.25, -0.2) is 23.0 Å². The van der Waals surface area contributed by atoms with E-state index in [1.807, 2.05) is 0 Å². The van der Waals surface area contributed by atoms with Crippen molar-refractivity contribution in [2.24, 2.45) is 5.29 Å². The first-order valence-electron chi connectivity index (χ1n) is 10.7. The van der Waals surface area contributed by atoms with E-state index < -0.39 is 90.8 Å². The van der Waals surface area contributed by atoms with E-state index in [0.29, 0.717) is 6.07 Å². The maximum atomic E-state index is 14.3. The van der Waals surface area contributed by atoms with Crippen LogP contribution in [0.3, 0.4) is 0 Å². The zero-order valence-electron chi connectivity index (χ0n) is 19.0. The van der Waals surface area contributed by atoms with Crippen LogP contribution in [-0.4, -0.2) is 71.4 Å². The van der Waals surface area contributed by atoms with E-state index in [4.69, 9.17) is 5.11 Å². The molecular formula is C20H18F6N6O6. The minimum Gasteiger partial charge on any atom is -0.481 e. The van der Waals surface area contributed by atoms with Crippen molar-refractivity contribution in [2.45, 2.75) is 50.6 Å². The minimum atomic E-state index is -4.80. The second kappa shape index (κ2) is 11.0. The average Bonchev–Trinajstić information content (AvgIpc) is 3.25. The molecule has 1 aromatic carbocycles. The highest BCUT2D eigenvalue weighted by Gasteiger charge is 2.41. The molecule has 1 aliphatic rings. The summed E-state index contributed by atoms with van der Waals surface area (Å²) in [5.41, 5.74) is -0.581. The molecule has 1 aliphatic heterocycles. The van der Waals surface area contributed by atoms with E-state index in [1.54, 1.807) is 0 Å². The van der Waals surface area contributed by atoms with Crippen molar-refractivity contribution in [3.8, 4) is 0 Å². The lowest BCUT2D eigenvalue weighted by molar-refractivity contribution is -0.152. The smallest absolute Gasteiger partial charge is 0.451 e. The van der Waals surface area contributed by atoms with Gasteiger partial charge in [-0.1, -0.05) is 0 Å². The SMILES string of the molecule is O=NN(C(CC(=O)O)C(=O)O)[C@@H](CC(=O)N1CCn2c(nnc2C(F)(F)F)C1)Cc1cc(F)c(F)cc1F. The molecular weight excluding hydrogens is 534 g/mol. The Bertz CT molecular complexity index is 1250. The highest BCUT2D eigenvalue weighted by molar-refractivity contribution is 5.81. The van der Waals surface area contributed by atoms with Gasteiger partial charge in [0.05, 0.1) is 24.3 Å². The molecule has 0 saturated heterocycles. The molecule has 0 radical (unpaired) electrons. The Morgan fingerprint density at radius 2 is 1.68 bits per heavy atom. The van der Waals surface area contributed by atoms with Gasteiger partial charge in [0.15, 0.2) is 23.5 Å². The largest absolute Gasteiger partial charge is 0.481 e. The van der Waals surface area contributed by atoms with E-state index in [9.17, 15) is 50.7 Å². The lowest BCUT2D eigenvalue weighted by atomic mass is 9.99. The van der Waals surface area contributed by atoms with E-state index in [2.05, 4.69) is 15.5 Å². The lowest BCUT2D eigenvalue weighted by Crippen LogP contribution is -2.49. The summed E-state index contributed by atoms with van der Waals surface area (Å²) in [6.45, 7) is -1.11. The second-order valence-electron chi connectivity index (χ2n) is 8.24. The van der Waals surface area contributed by atoms with Gasteiger partial charge in [-0.05, 0) is 18.1 Å². The standard InChI is InChI=1S/C20H18F6N6O6/c21-11-6-13(23)12(22)4-9(11)3-10(32(29-38)14(18(36)37)7-17(34)35)5-16(33)30-1-2-31-15(8-30)27-28-19(31)20(24,25)26/h4,6,10,14H,1-3,5,7-8H2,(H,34,35)(H,36,37)/t10-,14?/m1/s1. The molecule has 12 nitrogen and oxygen atoms in total. The molecule has 3 rings (SSSR count). The van der Waals surface area contributed by atoms with Crippen molar-refractivity contribution in [3.63, 3.8) is 0 Å². The summed E-state index contributed by atoms with van der Waals surface area (Å²) in [5, 5.41) is 27.7. The van der Waals surface area contributed by atoms with Gasteiger partial charge >= 0.3 is 18.1 Å². The van der Waals surface area contributed by atoms with Gasteiger partial charge in [-0.2, -0.15) is 13.2 Å². The Hall–Kier alpha value is -4.25. The first kappa shape index (κ1) is 28.3. The number of aromatic nitrogens is 3. The van der Waals surface area contributed by atoms with Gasteiger partial charge < -0.3 is 19.7 Å². The lowest BCUT2D eigenvalue weighted by Gasteiger charge is -2.33. The summed E-state index contributed by atoms with van der Waals surface area (Å²) in [6.07, 6.45) is -7.58. The molecule has 206 valence electrons. The molecule has 1 amide bonds. The van der Waals surface area contributed by atoms with Gasteiger partial charge in [0, 0.05) is 25.6 Å². The molecule has 0 spiro atoms. The molecule has 2 atom stereocenters. The highest BCUT2D eigenvalue weighted by Crippen LogP contribution is 2.30. The van der Waals surface area contributed by atoms with Gasteiger partial charge in [0.2, 0.25) is 11.7 Å². The van der Waals surface area contributed by atoms with Crippen LogP contribution in [0, 0.1) is 22.4 Å². The Labute approximate surface area is 208 Å². The molecule has 0 aliphatic carbocycles. The molecule has 0 fully saturated rings. The van der Waals surface area contributed by atoms with Crippen LogP contribution in [0.15, 0.2) is 17.4 Å². The van der Waals surface area contributed by atoms with Crippen LogP contribution in [0.1, 0.15) is 30.1 Å². The third-order valence-corrected chi connectivity index (χ3v) is 5.76. The number of nitrogens with zero attached hydrogens (tertiary/aromatic N) is 6. The molecule has 2 heterocycles. The summed E-state index contributed by atoms with van der Waals surface area (Å²) in [5.74, 6) is -10.2. The number of carboxylic acid groups (broad SMARTS) is 2. The third kappa shape index (κ3) is 6.17. The molecule has 18 heteroatoms. The number of fused-ring (bicyclic) bond motifs is 1. The number of carbonyl (C=O) groups excluding carboxylic acids is 1. The quantitative estimate of drug-likeness (QED) is 0.195. The molecule has 2 N–H and O–H groups in total. The van der Waals surface area contributed by atoms with Crippen LogP contribution >= 0.6 is 0 Å². The van der Waals surface area contributed by atoms with Crippen molar-refractivity contribution in [3.05, 3.63) is 51.7 Å². The van der Waals surface area contributed by atoms with Crippen molar-refractivity contribution < 1.29 is 50.9 Å². The molecule has 1 aromatic heterocycles. The Morgan fingerprint density at radius 1 is 1.03 bits per heavy atom. The number of carboxylic acids is 2. The molecule has 0 bridgehead atoms. The molecule has 2 aromatic rings. The fourth-order valence-electron chi connectivity index (χ4n) is 3.98. The van der Waals surface area contributed by atoms with Crippen molar-refractivity contribution >= 4 is 17.8 Å². The first-order chi connectivity index (χ1) is 17.7. The van der Waals surface area contributed by atoms with Crippen LogP contribution in [0.25, 0.3) is 0 Å². The van der Waals surface area contributed by atoms with Crippen LogP contribution in [0.5, 0.6) is 0 Å². The van der Waals surface area contributed by atoms with Gasteiger partial charge in [0.1, 0.15) is 5.82 Å². The van der Waals surface area contributed by atoms with E-state index in [1.165, 1.54) is 0 Å². The predicted octanol–water partition coefficient (Wildman–Crippen LogP) is 1.97. The number of rotatable bonds is 10.